The smallest absolute Gasteiger partial charge is 0.405 e. The number of hydrogen-bond acceptors (Lipinski definition) is 2. The van der Waals surface area contributed by atoms with Gasteiger partial charge in [-0.2, -0.15) is 0 Å². The van der Waals surface area contributed by atoms with E-state index in [1.807, 2.05) is 0 Å². The fourth-order valence-corrected chi connectivity index (χ4v) is 1.79. The second kappa shape index (κ2) is 7.38. The number of carbonyl (C=O) groups excluding carboxylic acids is 1. The van der Waals surface area contributed by atoms with Crippen molar-refractivity contribution < 1.29 is 22.7 Å². The van der Waals surface area contributed by atoms with Crippen LogP contribution in [0.25, 0.3) is 0 Å². The molecule has 0 heterocycles. The maximum Gasteiger partial charge on any atom is 0.573 e. The van der Waals surface area contributed by atoms with Crippen LogP contribution >= 0.6 is 11.6 Å². The van der Waals surface area contributed by atoms with Crippen LogP contribution in [0.2, 0.25) is 0 Å². The quantitative estimate of drug-likeness (QED) is 0.418. The maximum atomic E-state index is 12.2. The average Bonchev–Trinajstić information content (AvgIpc) is 2.33. The fourth-order valence-electron chi connectivity index (χ4n) is 1.60. The van der Waals surface area contributed by atoms with Crippen LogP contribution in [0.3, 0.4) is 0 Å². The molecular weight excluding hydrogens is 281 g/mol. The van der Waals surface area contributed by atoms with Crippen LogP contribution in [0.5, 0.6) is 5.75 Å². The first-order valence-corrected chi connectivity index (χ1v) is 6.41. The van der Waals surface area contributed by atoms with Crippen LogP contribution in [0.1, 0.15) is 36.0 Å². The predicted molar refractivity (Wildman–Crippen MR) is 66.6 cm³/mol. The van der Waals surface area contributed by atoms with Crippen molar-refractivity contribution in [3.05, 3.63) is 29.8 Å². The Morgan fingerprint density at radius 3 is 2.47 bits per heavy atom. The molecule has 1 rings (SSSR count). The molecule has 1 aromatic rings. The highest BCUT2D eigenvalue weighted by Gasteiger charge is 2.32. The minimum Gasteiger partial charge on any atom is -0.405 e. The average molecular weight is 295 g/mol. The summed E-state index contributed by atoms with van der Waals surface area (Å²) >= 11 is 5.50. The Kier molecular flexibility index (Phi) is 6.15. The van der Waals surface area contributed by atoms with Gasteiger partial charge in [-0.25, -0.2) is 0 Å². The van der Waals surface area contributed by atoms with Crippen LogP contribution in [0, 0.1) is 0 Å². The third-order valence-electron chi connectivity index (χ3n) is 2.45. The Balaban J connectivity index is 2.68. The topological polar surface area (TPSA) is 26.3 Å². The van der Waals surface area contributed by atoms with Crippen molar-refractivity contribution in [3.8, 4) is 5.75 Å². The molecule has 0 aliphatic carbocycles. The van der Waals surface area contributed by atoms with Crippen LogP contribution < -0.4 is 4.74 Å². The standard InChI is InChI=1S/C13H14ClF3O2/c14-9-5-1-2-7-11(18)10-6-3-4-8-12(10)19-13(15,16)17/h3-4,6,8H,1-2,5,7,9H2. The van der Waals surface area contributed by atoms with Crippen molar-refractivity contribution in [1.29, 1.82) is 0 Å². The minimum absolute atomic E-state index is 0.0364. The predicted octanol–water partition coefficient (Wildman–Crippen LogP) is 4.57. The number of halogens is 4. The van der Waals surface area contributed by atoms with E-state index >= 15 is 0 Å². The Hall–Kier alpha value is -1.23. The van der Waals surface area contributed by atoms with E-state index in [1.54, 1.807) is 0 Å². The summed E-state index contributed by atoms with van der Waals surface area (Å²) in [5, 5.41) is 0. The molecule has 0 N–H and O–H groups in total. The van der Waals surface area contributed by atoms with E-state index in [4.69, 9.17) is 11.6 Å². The van der Waals surface area contributed by atoms with Crippen molar-refractivity contribution >= 4 is 17.4 Å². The molecule has 0 fully saturated rings. The molecule has 0 unspecified atom stereocenters. The van der Waals surface area contributed by atoms with E-state index in [9.17, 15) is 18.0 Å². The summed E-state index contributed by atoms with van der Waals surface area (Å²) in [7, 11) is 0. The summed E-state index contributed by atoms with van der Waals surface area (Å²) < 4.78 is 40.4. The van der Waals surface area contributed by atoms with E-state index in [2.05, 4.69) is 4.74 Å². The van der Waals surface area contributed by atoms with Crippen molar-refractivity contribution in [1.82, 2.24) is 0 Å². The molecule has 0 aromatic heterocycles. The molecular formula is C13H14ClF3O2. The van der Waals surface area contributed by atoms with Gasteiger partial charge in [0.2, 0.25) is 0 Å². The molecule has 0 saturated carbocycles. The molecule has 0 aliphatic heterocycles. The molecule has 1 aromatic carbocycles. The SMILES string of the molecule is O=C(CCCCCCl)c1ccccc1OC(F)(F)F. The van der Waals surface area contributed by atoms with Crippen LogP contribution in [-0.2, 0) is 0 Å². The number of Topliss-reactive ketones (excluding diaryl/α,β-unsaturated/α-hetero) is 1. The van der Waals surface area contributed by atoms with Gasteiger partial charge in [0.05, 0.1) is 5.56 Å². The molecule has 0 saturated heterocycles. The molecule has 19 heavy (non-hydrogen) atoms. The molecule has 0 bridgehead atoms. The number of ether oxygens (including phenoxy) is 1. The number of para-hydroxylation sites is 1. The molecule has 6 heteroatoms. The number of carbonyl (C=O) groups is 1. The molecule has 0 radical (unpaired) electrons. The van der Waals surface area contributed by atoms with Gasteiger partial charge < -0.3 is 4.74 Å². The lowest BCUT2D eigenvalue weighted by molar-refractivity contribution is -0.274. The Morgan fingerprint density at radius 1 is 1.16 bits per heavy atom. The summed E-state index contributed by atoms with van der Waals surface area (Å²) in [4.78, 5) is 11.8. The van der Waals surface area contributed by atoms with Gasteiger partial charge in [-0.1, -0.05) is 18.6 Å². The number of unbranched alkanes of at least 4 members (excludes halogenated alkanes) is 2. The number of alkyl halides is 4. The normalized spacial score (nSPS) is 11.4. The fraction of sp³-hybridized carbons (Fsp3) is 0.462. The second-order valence-corrected chi connectivity index (χ2v) is 4.34. The summed E-state index contributed by atoms with van der Waals surface area (Å²) in [5.74, 6) is -0.283. The van der Waals surface area contributed by atoms with Gasteiger partial charge in [0, 0.05) is 12.3 Å². The summed E-state index contributed by atoms with van der Waals surface area (Å²) in [6, 6.07) is 5.38. The third-order valence-corrected chi connectivity index (χ3v) is 2.72. The molecule has 2 nitrogen and oxygen atoms in total. The Morgan fingerprint density at radius 2 is 1.84 bits per heavy atom. The first kappa shape index (κ1) is 15.8. The number of benzene rings is 1. The summed E-state index contributed by atoms with van der Waals surface area (Å²) in [6.07, 6.45) is -2.44. The van der Waals surface area contributed by atoms with Gasteiger partial charge in [-0.3, -0.25) is 4.79 Å². The zero-order valence-electron chi connectivity index (χ0n) is 10.2. The van der Waals surface area contributed by atoms with Gasteiger partial charge >= 0.3 is 6.36 Å². The lowest BCUT2D eigenvalue weighted by Crippen LogP contribution is -2.19. The first-order valence-electron chi connectivity index (χ1n) is 5.88. The molecule has 106 valence electrons. The third kappa shape index (κ3) is 5.96. The summed E-state index contributed by atoms with van der Waals surface area (Å²) in [5.41, 5.74) is -0.0364. The van der Waals surface area contributed by atoms with Gasteiger partial charge in [-0.05, 0) is 25.0 Å². The monoisotopic (exact) mass is 294 g/mol. The lowest BCUT2D eigenvalue weighted by Gasteiger charge is -2.12. The number of ketones is 1. The number of hydrogen-bond donors (Lipinski definition) is 0. The van der Waals surface area contributed by atoms with Crippen molar-refractivity contribution in [2.24, 2.45) is 0 Å². The van der Waals surface area contributed by atoms with E-state index in [1.165, 1.54) is 18.2 Å². The van der Waals surface area contributed by atoms with Gasteiger partial charge in [0.25, 0.3) is 0 Å². The highest BCUT2D eigenvalue weighted by atomic mass is 35.5. The van der Waals surface area contributed by atoms with E-state index < -0.39 is 12.1 Å². The highest BCUT2D eigenvalue weighted by Crippen LogP contribution is 2.27. The van der Waals surface area contributed by atoms with E-state index in [0.717, 1.165) is 18.9 Å². The van der Waals surface area contributed by atoms with Crippen LogP contribution in [0.15, 0.2) is 24.3 Å². The Labute approximate surface area is 114 Å². The van der Waals surface area contributed by atoms with Crippen molar-refractivity contribution in [3.63, 3.8) is 0 Å². The zero-order chi connectivity index (χ0) is 14.3. The Bertz CT molecular complexity index is 419. The minimum atomic E-state index is -4.80. The van der Waals surface area contributed by atoms with E-state index in [-0.39, 0.29) is 17.8 Å². The van der Waals surface area contributed by atoms with Gasteiger partial charge in [-0.15, -0.1) is 24.8 Å². The highest BCUT2D eigenvalue weighted by molar-refractivity contribution is 6.17. The van der Waals surface area contributed by atoms with Crippen molar-refractivity contribution in [2.45, 2.75) is 32.0 Å². The van der Waals surface area contributed by atoms with Crippen molar-refractivity contribution in [2.75, 3.05) is 5.88 Å². The molecule has 0 aliphatic rings. The molecule has 0 spiro atoms. The second-order valence-electron chi connectivity index (χ2n) is 3.97. The first-order chi connectivity index (χ1) is 8.94. The maximum absolute atomic E-state index is 12.2. The van der Waals surface area contributed by atoms with Gasteiger partial charge in [0.1, 0.15) is 5.75 Å². The summed E-state index contributed by atoms with van der Waals surface area (Å²) in [6.45, 7) is 0. The van der Waals surface area contributed by atoms with Gasteiger partial charge in [0.15, 0.2) is 5.78 Å². The lowest BCUT2D eigenvalue weighted by atomic mass is 10.0. The number of rotatable bonds is 7. The van der Waals surface area contributed by atoms with Crippen LogP contribution in [0.4, 0.5) is 13.2 Å². The molecule has 0 atom stereocenters. The largest absolute Gasteiger partial charge is 0.573 e. The molecule has 0 amide bonds. The zero-order valence-corrected chi connectivity index (χ0v) is 10.9. The van der Waals surface area contributed by atoms with Crippen LogP contribution in [-0.4, -0.2) is 18.0 Å². The van der Waals surface area contributed by atoms with E-state index in [0.29, 0.717) is 12.3 Å².